The lowest BCUT2D eigenvalue weighted by atomic mass is 9.63. The van der Waals surface area contributed by atoms with Crippen molar-refractivity contribution in [1.29, 1.82) is 0 Å². The summed E-state index contributed by atoms with van der Waals surface area (Å²) in [7, 11) is 0. The van der Waals surface area contributed by atoms with Crippen LogP contribution in [0.5, 0.6) is 0 Å². The van der Waals surface area contributed by atoms with E-state index in [1.165, 1.54) is 43.8 Å². The molecule has 1 saturated carbocycles. The number of halogens is 1. The summed E-state index contributed by atoms with van der Waals surface area (Å²) < 4.78 is 8.27. The third-order valence-electron chi connectivity index (χ3n) is 3.97. The van der Waals surface area contributed by atoms with Crippen LogP contribution < -0.4 is 4.90 Å². The van der Waals surface area contributed by atoms with Crippen LogP contribution in [0.1, 0.15) is 32.1 Å². The van der Waals surface area contributed by atoms with Crippen molar-refractivity contribution in [1.82, 2.24) is 8.75 Å². The predicted molar refractivity (Wildman–Crippen MR) is 62.7 cm³/mol. The Morgan fingerprint density at radius 1 is 1.13 bits per heavy atom. The van der Waals surface area contributed by atoms with Gasteiger partial charge < -0.3 is 4.90 Å². The normalized spacial score (nSPS) is 24.2. The molecule has 3 rings (SSSR count). The molecule has 15 heavy (non-hydrogen) atoms. The lowest BCUT2D eigenvalue weighted by molar-refractivity contribution is 0.0953. The van der Waals surface area contributed by atoms with Crippen LogP contribution in [-0.4, -0.2) is 21.8 Å². The lowest BCUT2D eigenvalue weighted by Crippen LogP contribution is -2.43. The Kier molecular flexibility index (Phi) is 2.36. The van der Waals surface area contributed by atoms with E-state index < -0.39 is 0 Å². The highest BCUT2D eigenvalue weighted by Gasteiger charge is 2.40. The first-order valence-electron chi connectivity index (χ1n) is 5.52. The van der Waals surface area contributed by atoms with Crippen molar-refractivity contribution in [2.75, 3.05) is 18.0 Å². The van der Waals surface area contributed by atoms with Crippen LogP contribution in [0.25, 0.3) is 0 Å². The number of hydrogen-bond donors (Lipinski definition) is 0. The van der Waals surface area contributed by atoms with Crippen LogP contribution >= 0.6 is 23.3 Å². The Labute approximate surface area is 98.8 Å². The van der Waals surface area contributed by atoms with Crippen molar-refractivity contribution in [2.45, 2.75) is 32.1 Å². The smallest absolute Gasteiger partial charge is 0.187 e. The molecule has 0 unspecified atom stereocenters. The molecule has 0 radical (unpaired) electrons. The summed E-state index contributed by atoms with van der Waals surface area (Å²) in [5.41, 5.74) is 0.687. The summed E-state index contributed by atoms with van der Waals surface area (Å²) in [6.45, 7) is 2.20. The van der Waals surface area contributed by atoms with Gasteiger partial charge in [0.15, 0.2) is 11.0 Å². The lowest BCUT2D eigenvalue weighted by Gasteiger charge is -2.48. The number of nitrogens with zero attached hydrogens (tertiary/aromatic N) is 3. The summed E-state index contributed by atoms with van der Waals surface area (Å²) >= 11 is 7.19. The molecule has 0 bridgehead atoms. The minimum Gasteiger partial charge on any atom is -0.353 e. The van der Waals surface area contributed by atoms with Gasteiger partial charge in [-0.1, -0.05) is 18.0 Å². The van der Waals surface area contributed by atoms with Crippen molar-refractivity contribution in [3.63, 3.8) is 0 Å². The second-order valence-corrected chi connectivity index (χ2v) is 5.61. The summed E-state index contributed by atoms with van der Waals surface area (Å²) in [5.74, 6) is 0.899. The van der Waals surface area contributed by atoms with Crippen molar-refractivity contribution >= 4 is 29.1 Å². The number of anilines is 1. The fourth-order valence-corrected chi connectivity index (χ4v) is 3.51. The second-order valence-electron chi connectivity index (χ2n) is 4.72. The van der Waals surface area contributed by atoms with E-state index >= 15 is 0 Å². The molecule has 2 fully saturated rings. The Morgan fingerprint density at radius 2 is 1.87 bits per heavy atom. The Balaban J connectivity index is 1.69. The van der Waals surface area contributed by atoms with Gasteiger partial charge in [-0.2, -0.15) is 8.75 Å². The number of hydrogen-bond acceptors (Lipinski definition) is 4. The molecule has 0 N–H and O–H groups in total. The maximum atomic E-state index is 5.99. The van der Waals surface area contributed by atoms with Crippen LogP contribution in [0.3, 0.4) is 0 Å². The molecule has 0 atom stereocenters. The molecule has 0 amide bonds. The zero-order chi connectivity index (χ0) is 10.3. The van der Waals surface area contributed by atoms with Crippen molar-refractivity contribution in [3.05, 3.63) is 5.15 Å². The van der Waals surface area contributed by atoms with E-state index in [0.717, 1.165) is 18.9 Å². The van der Waals surface area contributed by atoms with Crippen molar-refractivity contribution in [3.8, 4) is 0 Å². The van der Waals surface area contributed by atoms with Crippen molar-refractivity contribution < 1.29 is 0 Å². The molecule has 1 saturated heterocycles. The minimum absolute atomic E-state index is 0.574. The average Bonchev–Trinajstić information content (AvgIpc) is 2.62. The maximum Gasteiger partial charge on any atom is 0.187 e. The highest BCUT2D eigenvalue weighted by molar-refractivity contribution is 6.99. The average molecular weight is 244 g/mol. The highest BCUT2D eigenvalue weighted by atomic mass is 35.5. The number of piperidine rings is 1. The zero-order valence-electron chi connectivity index (χ0n) is 8.58. The van der Waals surface area contributed by atoms with Gasteiger partial charge in [-0.15, -0.1) is 0 Å². The molecule has 1 aromatic heterocycles. The SMILES string of the molecule is Clc1nsnc1N1CCC2(CCC2)CC1. The summed E-state index contributed by atoms with van der Waals surface area (Å²) in [6.07, 6.45) is 6.91. The van der Waals surface area contributed by atoms with Gasteiger partial charge in [0.05, 0.1) is 11.7 Å². The molecule has 5 heteroatoms. The van der Waals surface area contributed by atoms with E-state index in [9.17, 15) is 0 Å². The van der Waals surface area contributed by atoms with E-state index in [4.69, 9.17) is 11.6 Å². The summed E-state index contributed by atoms with van der Waals surface area (Å²) in [5, 5.41) is 0.574. The summed E-state index contributed by atoms with van der Waals surface area (Å²) in [6, 6.07) is 0. The Hall–Kier alpha value is -0.350. The van der Waals surface area contributed by atoms with Crippen LogP contribution in [0.2, 0.25) is 5.15 Å². The largest absolute Gasteiger partial charge is 0.353 e. The van der Waals surface area contributed by atoms with Gasteiger partial charge >= 0.3 is 0 Å². The molecular weight excluding hydrogens is 230 g/mol. The molecular formula is C10H14ClN3S. The van der Waals surface area contributed by atoms with Gasteiger partial charge in [0.25, 0.3) is 0 Å². The van der Waals surface area contributed by atoms with E-state index in [1.807, 2.05) is 0 Å². The van der Waals surface area contributed by atoms with E-state index in [-0.39, 0.29) is 0 Å². The van der Waals surface area contributed by atoms with Crippen LogP contribution in [0.4, 0.5) is 5.82 Å². The van der Waals surface area contributed by atoms with Gasteiger partial charge in [0.1, 0.15) is 0 Å². The predicted octanol–water partition coefficient (Wildman–Crippen LogP) is 2.96. The molecule has 1 aliphatic heterocycles. The monoisotopic (exact) mass is 243 g/mol. The molecule has 0 aromatic carbocycles. The third-order valence-corrected chi connectivity index (χ3v) is 4.84. The Bertz CT molecular complexity index is 351. The van der Waals surface area contributed by atoms with Gasteiger partial charge in [0, 0.05) is 13.1 Å². The van der Waals surface area contributed by atoms with E-state index in [1.54, 1.807) is 0 Å². The fraction of sp³-hybridized carbons (Fsp3) is 0.800. The quantitative estimate of drug-likeness (QED) is 0.760. The zero-order valence-corrected chi connectivity index (χ0v) is 10.2. The first-order valence-corrected chi connectivity index (χ1v) is 6.63. The third kappa shape index (κ3) is 1.64. The minimum atomic E-state index is 0.574. The van der Waals surface area contributed by atoms with Crippen LogP contribution in [0, 0.1) is 5.41 Å². The second kappa shape index (κ2) is 3.59. The maximum absolute atomic E-state index is 5.99. The molecule has 2 heterocycles. The van der Waals surface area contributed by atoms with Crippen LogP contribution in [-0.2, 0) is 0 Å². The topological polar surface area (TPSA) is 29.0 Å². The summed E-state index contributed by atoms with van der Waals surface area (Å²) in [4.78, 5) is 2.29. The van der Waals surface area contributed by atoms with Gasteiger partial charge in [0.2, 0.25) is 0 Å². The standard InChI is InChI=1S/C10H14ClN3S/c11-8-9(13-15-12-8)14-6-4-10(5-7-14)2-1-3-10/h1-7H2. The Morgan fingerprint density at radius 3 is 2.33 bits per heavy atom. The van der Waals surface area contributed by atoms with Crippen molar-refractivity contribution in [2.24, 2.45) is 5.41 Å². The van der Waals surface area contributed by atoms with E-state index in [2.05, 4.69) is 13.6 Å². The molecule has 3 nitrogen and oxygen atoms in total. The first kappa shape index (κ1) is 9.85. The molecule has 1 spiro atoms. The number of rotatable bonds is 1. The molecule has 1 aliphatic carbocycles. The van der Waals surface area contributed by atoms with E-state index in [0.29, 0.717) is 10.6 Å². The molecule has 2 aliphatic rings. The fourth-order valence-electron chi connectivity index (χ4n) is 2.73. The molecule has 82 valence electrons. The molecule has 1 aromatic rings. The van der Waals surface area contributed by atoms with Gasteiger partial charge in [-0.05, 0) is 31.1 Å². The van der Waals surface area contributed by atoms with Gasteiger partial charge in [-0.3, -0.25) is 0 Å². The number of aromatic nitrogens is 2. The van der Waals surface area contributed by atoms with Crippen LogP contribution in [0.15, 0.2) is 0 Å². The highest BCUT2D eigenvalue weighted by Crippen LogP contribution is 2.49. The van der Waals surface area contributed by atoms with Gasteiger partial charge in [-0.25, -0.2) is 0 Å². The first-order chi connectivity index (χ1) is 7.29.